The summed E-state index contributed by atoms with van der Waals surface area (Å²) in [6.07, 6.45) is 6.63. The second kappa shape index (κ2) is 10.6. The van der Waals surface area contributed by atoms with Crippen LogP contribution in [0, 0.1) is 0 Å². The smallest absolute Gasteiger partial charge is 0.323 e. The van der Waals surface area contributed by atoms with E-state index in [0.29, 0.717) is 11.4 Å². The number of urea groups is 1. The van der Waals surface area contributed by atoms with Gasteiger partial charge in [-0.15, -0.1) is 0 Å². The van der Waals surface area contributed by atoms with Crippen LogP contribution in [0.25, 0.3) is 6.08 Å². The molecule has 2 heterocycles. The summed E-state index contributed by atoms with van der Waals surface area (Å²) < 4.78 is 0. The Morgan fingerprint density at radius 3 is 2.62 bits per heavy atom. The minimum absolute atomic E-state index is 0.0636. The van der Waals surface area contributed by atoms with Gasteiger partial charge in [-0.2, -0.15) is 0 Å². The van der Waals surface area contributed by atoms with Crippen molar-refractivity contribution >= 4 is 40.9 Å². The molecule has 1 aliphatic rings. The van der Waals surface area contributed by atoms with E-state index in [9.17, 15) is 9.59 Å². The van der Waals surface area contributed by atoms with Gasteiger partial charge >= 0.3 is 6.03 Å². The quantitative estimate of drug-likeness (QED) is 0.464. The maximum atomic E-state index is 12.4. The minimum atomic E-state index is -0.285. The SMILES string of the molecule is CC(=O)/C=C/c1c(N)ncnc1N1CCCC(c2cccc(NC(=O)Nc3ccccc3)c2)C1. The van der Waals surface area contributed by atoms with Crippen molar-refractivity contribution in [3.63, 3.8) is 0 Å². The molecule has 8 heteroatoms. The van der Waals surface area contributed by atoms with E-state index in [1.165, 1.54) is 19.3 Å². The monoisotopic (exact) mass is 456 g/mol. The van der Waals surface area contributed by atoms with Crippen LogP contribution in [0.5, 0.6) is 0 Å². The lowest BCUT2D eigenvalue weighted by molar-refractivity contribution is -0.112. The first kappa shape index (κ1) is 23.0. The number of aromatic nitrogens is 2. The van der Waals surface area contributed by atoms with E-state index in [1.807, 2.05) is 48.5 Å². The van der Waals surface area contributed by atoms with Gasteiger partial charge in [-0.1, -0.05) is 30.3 Å². The van der Waals surface area contributed by atoms with Crippen LogP contribution < -0.4 is 21.3 Å². The standard InChI is InChI=1S/C26H28N6O2/c1-18(33)12-13-23-24(27)28-17-29-25(23)32-14-6-8-20(16-32)19-7-5-11-22(15-19)31-26(34)30-21-9-3-2-4-10-21/h2-5,7,9-13,15,17,20H,6,8,14,16H2,1H3,(H2,27,28,29)(H2,30,31,34)/b13-12+. The highest BCUT2D eigenvalue weighted by Crippen LogP contribution is 2.33. The van der Waals surface area contributed by atoms with E-state index in [-0.39, 0.29) is 17.7 Å². The second-order valence-electron chi connectivity index (χ2n) is 8.30. The number of nitrogens with zero attached hydrogens (tertiary/aromatic N) is 3. The van der Waals surface area contributed by atoms with E-state index in [1.54, 1.807) is 6.08 Å². The largest absolute Gasteiger partial charge is 0.383 e. The Kier molecular flexibility index (Phi) is 7.17. The van der Waals surface area contributed by atoms with Crippen molar-refractivity contribution in [3.8, 4) is 0 Å². The number of nitrogens with two attached hydrogens (primary N) is 1. The highest BCUT2D eigenvalue weighted by Gasteiger charge is 2.24. The first-order chi connectivity index (χ1) is 16.5. The summed E-state index contributed by atoms with van der Waals surface area (Å²) in [6.45, 7) is 3.08. The minimum Gasteiger partial charge on any atom is -0.383 e. The highest BCUT2D eigenvalue weighted by molar-refractivity contribution is 5.99. The predicted molar refractivity (Wildman–Crippen MR) is 136 cm³/mol. The molecule has 2 amide bonds. The number of carbonyl (C=O) groups excluding carboxylic acids is 2. The number of nitrogens with one attached hydrogen (secondary N) is 2. The molecule has 1 saturated heterocycles. The van der Waals surface area contributed by atoms with E-state index < -0.39 is 0 Å². The molecule has 3 aromatic rings. The number of piperidine rings is 1. The van der Waals surface area contributed by atoms with Crippen molar-refractivity contribution in [2.24, 2.45) is 0 Å². The van der Waals surface area contributed by atoms with Gasteiger partial charge < -0.3 is 21.3 Å². The van der Waals surface area contributed by atoms with E-state index in [0.717, 1.165) is 48.7 Å². The number of allylic oxidation sites excluding steroid dienone is 1. The number of benzene rings is 2. The molecule has 34 heavy (non-hydrogen) atoms. The number of para-hydroxylation sites is 1. The Morgan fingerprint density at radius 2 is 1.82 bits per heavy atom. The van der Waals surface area contributed by atoms with Gasteiger partial charge in [-0.25, -0.2) is 14.8 Å². The highest BCUT2D eigenvalue weighted by atomic mass is 16.2. The summed E-state index contributed by atoms with van der Waals surface area (Å²) >= 11 is 0. The van der Waals surface area contributed by atoms with Crippen LogP contribution in [0.1, 0.15) is 36.8 Å². The lowest BCUT2D eigenvalue weighted by Crippen LogP contribution is -2.35. The molecule has 2 aromatic carbocycles. The zero-order valence-corrected chi connectivity index (χ0v) is 19.1. The van der Waals surface area contributed by atoms with Crippen molar-refractivity contribution in [2.75, 3.05) is 34.4 Å². The molecule has 1 aliphatic heterocycles. The number of hydrogen-bond acceptors (Lipinski definition) is 6. The summed E-state index contributed by atoms with van der Waals surface area (Å²) in [5, 5.41) is 5.75. The summed E-state index contributed by atoms with van der Waals surface area (Å²) in [7, 11) is 0. The van der Waals surface area contributed by atoms with Crippen LogP contribution in [0.15, 0.2) is 67.0 Å². The van der Waals surface area contributed by atoms with Gasteiger partial charge in [0.05, 0.1) is 5.56 Å². The van der Waals surface area contributed by atoms with E-state index in [4.69, 9.17) is 5.73 Å². The maximum Gasteiger partial charge on any atom is 0.323 e. The maximum absolute atomic E-state index is 12.4. The van der Waals surface area contributed by atoms with Gasteiger partial charge in [0.1, 0.15) is 18.0 Å². The molecule has 8 nitrogen and oxygen atoms in total. The van der Waals surface area contributed by atoms with E-state index >= 15 is 0 Å². The number of carbonyl (C=O) groups is 2. The van der Waals surface area contributed by atoms with E-state index in [2.05, 4.69) is 31.6 Å². The van der Waals surface area contributed by atoms with Crippen molar-refractivity contribution in [1.82, 2.24) is 9.97 Å². The van der Waals surface area contributed by atoms with Gasteiger partial charge in [0.25, 0.3) is 0 Å². The summed E-state index contributed by atoms with van der Waals surface area (Å²) in [5.41, 5.74) is 9.37. The second-order valence-corrected chi connectivity index (χ2v) is 8.30. The molecule has 174 valence electrons. The van der Waals surface area contributed by atoms with Crippen LogP contribution in [0.3, 0.4) is 0 Å². The molecule has 4 rings (SSSR count). The topological polar surface area (TPSA) is 113 Å². The third-order valence-electron chi connectivity index (χ3n) is 5.75. The number of hydrogen-bond donors (Lipinski definition) is 3. The summed E-state index contributed by atoms with van der Waals surface area (Å²) in [5.74, 6) is 1.27. The van der Waals surface area contributed by atoms with Gasteiger partial charge in [-0.3, -0.25) is 4.79 Å². The van der Waals surface area contributed by atoms with Crippen LogP contribution in [-0.2, 0) is 4.79 Å². The normalized spacial score (nSPS) is 15.8. The Bertz CT molecular complexity index is 1190. The molecular formula is C26H28N6O2. The fourth-order valence-corrected chi connectivity index (χ4v) is 4.14. The molecule has 0 bridgehead atoms. The molecule has 0 spiro atoms. The third-order valence-corrected chi connectivity index (χ3v) is 5.75. The van der Waals surface area contributed by atoms with Crippen molar-refractivity contribution < 1.29 is 9.59 Å². The average Bonchev–Trinajstić information content (AvgIpc) is 2.84. The van der Waals surface area contributed by atoms with Crippen LogP contribution in [-0.4, -0.2) is 34.9 Å². The van der Waals surface area contributed by atoms with Gasteiger partial charge in [0.15, 0.2) is 5.78 Å². The molecular weight excluding hydrogens is 428 g/mol. The van der Waals surface area contributed by atoms with Crippen LogP contribution in [0.2, 0.25) is 0 Å². The van der Waals surface area contributed by atoms with Gasteiger partial charge in [-0.05, 0) is 61.7 Å². The summed E-state index contributed by atoms with van der Waals surface area (Å²) in [4.78, 5) is 34.6. The number of ketones is 1. The lowest BCUT2D eigenvalue weighted by atomic mass is 9.90. The van der Waals surface area contributed by atoms with Crippen LogP contribution >= 0.6 is 0 Å². The molecule has 1 atom stereocenters. The van der Waals surface area contributed by atoms with Gasteiger partial charge in [0, 0.05) is 30.4 Å². The fraction of sp³-hybridized carbons (Fsp3) is 0.231. The number of amides is 2. The molecule has 0 aliphatic carbocycles. The Labute approximate surface area is 198 Å². The van der Waals surface area contributed by atoms with Gasteiger partial charge in [0.2, 0.25) is 0 Å². The van der Waals surface area contributed by atoms with Crippen molar-refractivity contribution in [1.29, 1.82) is 0 Å². The lowest BCUT2D eigenvalue weighted by Gasteiger charge is -2.34. The average molecular weight is 457 g/mol. The fourth-order valence-electron chi connectivity index (χ4n) is 4.14. The Balaban J connectivity index is 1.48. The number of rotatable bonds is 6. The first-order valence-corrected chi connectivity index (χ1v) is 11.3. The third kappa shape index (κ3) is 5.78. The Morgan fingerprint density at radius 1 is 1.06 bits per heavy atom. The molecule has 4 N–H and O–H groups in total. The molecule has 1 unspecified atom stereocenters. The number of anilines is 4. The first-order valence-electron chi connectivity index (χ1n) is 11.3. The molecule has 1 fully saturated rings. The molecule has 0 radical (unpaired) electrons. The Hall–Kier alpha value is -4.20. The molecule has 0 saturated carbocycles. The van der Waals surface area contributed by atoms with Crippen molar-refractivity contribution in [2.45, 2.75) is 25.7 Å². The zero-order chi connectivity index (χ0) is 23.9. The summed E-state index contributed by atoms with van der Waals surface area (Å²) in [6, 6.07) is 17.0. The zero-order valence-electron chi connectivity index (χ0n) is 19.1. The van der Waals surface area contributed by atoms with Crippen LogP contribution in [0.4, 0.5) is 27.8 Å². The molecule has 1 aromatic heterocycles. The van der Waals surface area contributed by atoms with Crippen molar-refractivity contribution in [3.05, 3.63) is 78.1 Å². The predicted octanol–water partition coefficient (Wildman–Crippen LogP) is 4.69. The number of nitrogen functional groups attached to an aromatic ring is 1.